The van der Waals surface area contributed by atoms with Crippen molar-refractivity contribution in [2.24, 2.45) is 0 Å². The van der Waals surface area contributed by atoms with Crippen molar-refractivity contribution in [1.82, 2.24) is 15.1 Å². The second-order valence-corrected chi connectivity index (χ2v) is 5.07. The van der Waals surface area contributed by atoms with Gasteiger partial charge in [-0.2, -0.15) is 5.10 Å². The van der Waals surface area contributed by atoms with Crippen LogP contribution < -0.4 is 5.32 Å². The van der Waals surface area contributed by atoms with Gasteiger partial charge in [0.2, 0.25) is 0 Å². The highest BCUT2D eigenvalue weighted by Gasteiger charge is 2.11. The number of rotatable bonds is 5. The van der Waals surface area contributed by atoms with Crippen LogP contribution in [0.4, 0.5) is 0 Å². The van der Waals surface area contributed by atoms with Gasteiger partial charge >= 0.3 is 0 Å². The van der Waals surface area contributed by atoms with E-state index in [0.29, 0.717) is 0 Å². The largest absolute Gasteiger partial charge is 0.313 e. The van der Waals surface area contributed by atoms with E-state index < -0.39 is 0 Å². The van der Waals surface area contributed by atoms with Gasteiger partial charge in [-0.3, -0.25) is 0 Å². The molecule has 0 unspecified atom stereocenters. The van der Waals surface area contributed by atoms with Crippen molar-refractivity contribution >= 4 is 0 Å². The zero-order chi connectivity index (χ0) is 13.8. The predicted molar refractivity (Wildman–Crippen MR) is 79.8 cm³/mol. The summed E-state index contributed by atoms with van der Waals surface area (Å²) in [5, 5.41) is 8.12. The summed E-state index contributed by atoms with van der Waals surface area (Å²) in [5.74, 6) is 0. The molecule has 0 radical (unpaired) electrons. The summed E-state index contributed by atoms with van der Waals surface area (Å²) < 4.78 is 2.04. The number of nitrogens with one attached hydrogen (secondary N) is 1. The van der Waals surface area contributed by atoms with Crippen LogP contribution in [0, 0.1) is 20.8 Å². The Kier molecular flexibility index (Phi) is 4.38. The van der Waals surface area contributed by atoms with Crippen LogP contribution in [0.5, 0.6) is 0 Å². The molecular formula is C16H23N3. The van der Waals surface area contributed by atoms with Crippen molar-refractivity contribution in [3.63, 3.8) is 0 Å². The molecule has 1 aromatic heterocycles. The van der Waals surface area contributed by atoms with Gasteiger partial charge in [-0.05, 0) is 45.9 Å². The monoisotopic (exact) mass is 257 g/mol. The molecule has 0 aliphatic heterocycles. The predicted octanol–water partition coefficient (Wildman–Crippen LogP) is 3.30. The van der Waals surface area contributed by atoms with Crippen LogP contribution in [0.3, 0.4) is 0 Å². The highest BCUT2D eigenvalue weighted by Crippen LogP contribution is 2.18. The van der Waals surface area contributed by atoms with Crippen LogP contribution in [0.25, 0.3) is 5.69 Å². The molecule has 0 spiro atoms. The molecule has 3 heteroatoms. The number of hydrogen-bond acceptors (Lipinski definition) is 2. The van der Waals surface area contributed by atoms with Gasteiger partial charge in [0.25, 0.3) is 0 Å². The minimum absolute atomic E-state index is 0.900. The van der Waals surface area contributed by atoms with Crippen molar-refractivity contribution in [3.8, 4) is 5.69 Å². The minimum atomic E-state index is 0.900. The summed E-state index contributed by atoms with van der Waals surface area (Å²) in [7, 11) is 0. The van der Waals surface area contributed by atoms with E-state index in [0.717, 1.165) is 30.9 Å². The molecular weight excluding hydrogens is 234 g/mol. The summed E-state index contributed by atoms with van der Waals surface area (Å²) in [6, 6.07) is 8.50. The van der Waals surface area contributed by atoms with E-state index in [1.54, 1.807) is 0 Å². The molecule has 1 aromatic carbocycles. The second kappa shape index (κ2) is 6.02. The first-order valence-corrected chi connectivity index (χ1v) is 6.96. The Hall–Kier alpha value is -1.61. The summed E-state index contributed by atoms with van der Waals surface area (Å²) in [4.78, 5) is 0. The molecule has 0 saturated carbocycles. The third-order valence-electron chi connectivity index (χ3n) is 3.45. The van der Waals surface area contributed by atoms with Gasteiger partial charge in [0.05, 0.1) is 11.4 Å². The zero-order valence-electron chi connectivity index (χ0n) is 12.3. The van der Waals surface area contributed by atoms with Crippen molar-refractivity contribution in [2.45, 2.75) is 40.7 Å². The smallest absolute Gasteiger partial charge is 0.0649 e. The molecule has 0 atom stereocenters. The third kappa shape index (κ3) is 3.04. The molecule has 1 heterocycles. The van der Waals surface area contributed by atoms with Crippen LogP contribution >= 0.6 is 0 Å². The average Bonchev–Trinajstić information content (AvgIpc) is 2.68. The number of hydrogen-bond donors (Lipinski definition) is 1. The van der Waals surface area contributed by atoms with Crippen molar-refractivity contribution in [1.29, 1.82) is 0 Å². The number of aryl methyl sites for hydroxylation is 2. The lowest BCUT2D eigenvalue weighted by Gasteiger charge is -2.06. The first kappa shape index (κ1) is 13.8. The fourth-order valence-electron chi connectivity index (χ4n) is 2.26. The van der Waals surface area contributed by atoms with E-state index in [1.807, 2.05) is 4.68 Å². The van der Waals surface area contributed by atoms with E-state index in [2.05, 4.69) is 62.4 Å². The van der Waals surface area contributed by atoms with Gasteiger partial charge in [0.1, 0.15) is 0 Å². The maximum absolute atomic E-state index is 4.67. The molecule has 2 aromatic rings. The maximum Gasteiger partial charge on any atom is 0.0649 e. The first-order valence-electron chi connectivity index (χ1n) is 6.96. The second-order valence-electron chi connectivity index (χ2n) is 5.07. The topological polar surface area (TPSA) is 29.9 Å². The number of benzene rings is 1. The minimum Gasteiger partial charge on any atom is -0.313 e. The lowest BCUT2D eigenvalue weighted by Crippen LogP contribution is -2.15. The van der Waals surface area contributed by atoms with E-state index in [-0.39, 0.29) is 0 Å². The molecule has 1 N–H and O–H groups in total. The summed E-state index contributed by atoms with van der Waals surface area (Å²) >= 11 is 0. The van der Waals surface area contributed by atoms with Crippen molar-refractivity contribution in [2.75, 3.05) is 6.54 Å². The molecule has 19 heavy (non-hydrogen) atoms. The maximum atomic E-state index is 4.67. The summed E-state index contributed by atoms with van der Waals surface area (Å²) in [6.45, 7) is 10.5. The lowest BCUT2D eigenvalue weighted by molar-refractivity contribution is 0.670. The van der Waals surface area contributed by atoms with Gasteiger partial charge in [0.15, 0.2) is 0 Å². The molecule has 0 fully saturated rings. The van der Waals surface area contributed by atoms with Gasteiger partial charge < -0.3 is 5.32 Å². The Bertz CT molecular complexity index is 538. The molecule has 2 rings (SSSR count). The standard InChI is InChI=1S/C16H23N3/c1-5-10-17-11-16-13(3)18-19(14(16)4)15-8-6-12(2)7-9-15/h6-9,17H,5,10-11H2,1-4H3. The van der Waals surface area contributed by atoms with Crippen molar-refractivity contribution < 1.29 is 0 Å². The molecule has 0 aliphatic rings. The SMILES string of the molecule is CCCNCc1c(C)nn(-c2ccc(C)cc2)c1C. The van der Waals surface area contributed by atoms with Crippen LogP contribution in [-0.4, -0.2) is 16.3 Å². The Morgan fingerprint density at radius 2 is 1.79 bits per heavy atom. The molecule has 3 nitrogen and oxygen atoms in total. The number of nitrogens with zero attached hydrogens (tertiary/aromatic N) is 2. The van der Waals surface area contributed by atoms with Gasteiger partial charge in [-0.25, -0.2) is 4.68 Å². The van der Waals surface area contributed by atoms with Crippen LogP contribution in [0.1, 0.15) is 35.9 Å². The van der Waals surface area contributed by atoms with Crippen LogP contribution in [0.15, 0.2) is 24.3 Å². The Morgan fingerprint density at radius 3 is 2.42 bits per heavy atom. The van der Waals surface area contributed by atoms with Gasteiger partial charge in [-0.15, -0.1) is 0 Å². The van der Waals surface area contributed by atoms with Crippen LogP contribution in [-0.2, 0) is 6.54 Å². The quantitative estimate of drug-likeness (QED) is 0.833. The highest BCUT2D eigenvalue weighted by molar-refractivity contribution is 5.38. The average molecular weight is 257 g/mol. The fourth-order valence-corrected chi connectivity index (χ4v) is 2.26. The molecule has 0 saturated heterocycles. The fraction of sp³-hybridized carbons (Fsp3) is 0.438. The zero-order valence-corrected chi connectivity index (χ0v) is 12.3. The molecule has 0 bridgehead atoms. The van der Waals surface area contributed by atoms with Crippen molar-refractivity contribution in [3.05, 3.63) is 46.8 Å². The Morgan fingerprint density at radius 1 is 1.11 bits per heavy atom. The molecule has 0 aliphatic carbocycles. The molecule has 0 amide bonds. The Balaban J connectivity index is 2.27. The summed E-state index contributed by atoms with van der Waals surface area (Å²) in [6.07, 6.45) is 1.16. The van der Waals surface area contributed by atoms with E-state index in [1.165, 1.54) is 16.8 Å². The van der Waals surface area contributed by atoms with Gasteiger partial charge in [0, 0.05) is 17.8 Å². The number of aromatic nitrogens is 2. The Labute approximate surface area is 115 Å². The van der Waals surface area contributed by atoms with E-state index in [4.69, 9.17) is 0 Å². The lowest BCUT2D eigenvalue weighted by atomic mass is 10.2. The highest BCUT2D eigenvalue weighted by atomic mass is 15.3. The van der Waals surface area contributed by atoms with Crippen LogP contribution in [0.2, 0.25) is 0 Å². The summed E-state index contributed by atoms with van der Waals surface area (Å²) in [5.41, 5.74) is 6.06. The van der Waals surface area contributed by atoms with E-state index in [9.17, 15) is 0 Å². The van der Waals surface area contributed by atoms with Gasteiger partial charge in [-0.1, -0.05) is 24.6 Å². The molecule has 102 valence electrons. The normalized spacial score (nSPS) is 10.9. The van der Waals surface area contributed by atoms with E-state index >= 15 is 0 Å². The third-order valence-corrected chi connectivity index (χ3v) is 3.45. The first-order chi connectivity index (χ1) is 9.13.